The van der Waals surface area contributed by atoms with Crippen molar-refractivity contribution in [2.24, 2.45) is 0 Å². The fraction of sp³-hybridized carbons (Fsp3) is 0.316. The Hall–Kier alpha value is -1.91. The number of nitrogens with one attached hydrogen (secondary N) is 2. The molecule has 0 fully saturated rings. The third kappa shape index (κ3) is 5.34. The summed E-state index contributed by atoms with van der Waals surface area (Å²) in [5.74, 6) is 0. The van der Waals surface area contributed by atoms with E-state index < -0.39 is 0 Å². The van der Waals surface area contributed by atoms with E-state index in [1.165, 1.54) is 16.7 Å². The molecule has 0 heterocycles. The molecule has 23 heavy (non-hydrogen) atoms. The maximum atomic E-state index is 5.44. The van der Waals surface area contributed by atoms with E-state index in [1.54, 1.807) is 0 Å². The highest BCUT2D eigenvalue weighted by molar-refractivity contribution is 7.80. The number of benzene rings is 2. The van der Waals surface area contributed by atoms with Crippen molar-refractivity contribution in [1.82, 2.24) is 10.2 Å². The number of nitrogens with zero attached hydrogens (tertiary/aromatic N) is 1. The molecule has 0 saturated heterocycles. The summed E-state index contributed by atoms with van der Waals surface area (Å²) in [5.41, 5.74) is 4.76. The fourth-order valence-electron chi connectivity index (χ4n) is 2.69. The normalized spacial score (nSPS) is 12.0. The van der Waals surface area contributed by atoms with Gasteiger partial charge in [-0.2, -0.15) is 0 Å². The van der Waals surface area contributed by atoms with Crippen LogP contribution in [0.2, 0.25) is 0 Å². The Morgan fingerprint density at radius 3 is 2.22 bits per heavy atom. The van der Waals surface area contributed by atoms with E-state index in [4.69, 9.17) is 12.2 Å². The predicted molar refractivity (Wildman–Crippen MR) is 103 cm³/mol. The summed E-state index contributed by atoms with van der Waals surface area (Å²) in [6.07, 6.45) is 0. The summed E-state index contributed by atoms with van der Waals surface area (Å²) < 4.78 is 0. The standard InChI is InChI=1S/C19H25N3S/c1-14-10-15(2)12-17(11-14)21-19(23)20-13-18(22(3)4)16-8-6-5-7-9-16/h5-12,18H,13H2,1-4H3,(H2,20,21,23)/t18-/m1/s1. The molecule has 0 aliphatic rings. The first-order valence-electron chi connectivity index (χ1n) is 7.80. The van der Waals surface area contributed by atoms with Gasteiger partial charge in [-0.15, -0.1) is 0 Å². The van der Waals surface area contributed by atoms with Crippen molar-refractivity contribution in [3.05, 3.63) is 65.2 Å². The van der Waals surface area contributed by atoms with Gasteiger partial charge in [0.15, 0.2) is 5.11 Å². The average Bonchev–Trinajstić information content (AvgIpc) is 2.47. The van der Waals surface area contributed by atoms with Crippen molar-refractivity contribution in [1.29, 1.82) is 0 Å². The maximum absolute atomic E-state index is 5.44. The zero-order chi connectivity index (χ0) is 16.8. The topological polar surface area (TPSA) is 27.3 Å². The first-order valence-corrected chi connectivity index (χ1v) is 8.21. The van der Waals surface area contributed by atoms with Crippen LogP contribution in [0.4, 0.5) is 5.69 Å². The second kappa shape index (κ2) is 8.09. The third-order valence-corrected chi connectivity index (χ3v) is 3.99. The van der Waals surface area contributed by atoms with Gasteiger partial charge in [0.05, 0.1) is 6.04 Å². The molecule has 0 spiro atoms. The first-order chi connectivity index (χ1) is 11.0. The molecular weight excluding hydrogens is 302 g/mol. The molecule has 1 atom stereocenters. The van der Waals surface area contributed by atoms with E-state index in [1.807, 2.05) is 6.07 Å². The number of hydrogen-bond donors (Lipinski definition) is 2. The Morgan fingerprint density at radius 2 is 1.65 bits per heavy atom. The smallest absolute Gasteiger partial charge is 0.170 e. The minimum absolute atomic E-state index is 0.273. The molecule has 122 valence electrons. The molecule has 0 unspecified atom stereocenters. The van der Waals surface area contributed by atoms with Gasteiger partial charge in [0.1, 0.15) is 0 Å². The van der Waals surface area contributed by atoms with Gasteiger partial charge in [-0.25, -0.2) is 0 Å². The molecule has 0 saturated carbocycles. The third-order valence-electron chi connectivity index (χ3n) is 3.74. The quantitative estimate of drug-likeness (QED) is 0.815. The van der Waals surface area contributed by atoms with Gasteiger partial charge < -0.3 is 15.5 Å². The molecule has 0 aromatic heterocycles. The zero-order valence-electron chi connectivity index (χ0n) is 14.3. The molecular formula is C19H25N3S. The highest BCUT2D eigenvalue weighted by atomic mass is 32.1. The summed E-state index contributed by atoms with van der Waals surface area (Å²) in [7, 11) is 4.17. The number of rotatable bonds is 5. The Balaban J connectivity index is 1.96. The van der Waals surface area contributed by atoms with Crippen LogP contribution in [0.25, 0.3) is 0 Å². The van der Waals surface area contributed by atoms with Gasteiger partial charge in [0, 0.05) is 12.2 Å². The van der Waals surface area contributed by atoms with Crippen molar-refractivity contribution in [3.63, 3.8) is 0 Å². The molecule has 0 aliphatic carbocycles. The minimum Gasteiger partial charge on any atom is -0.361 e. The van der Waals surface area contributed by atoms with Crippen molar-refractivity contribution in [3.8, 4) is 0 Å². The number of aryl methyl sites for hydroxylation is 2. The lowest BCUT2D eigenvalue weighted by Crippen LogP contribution is -2.36. The van der Waals surface area contributed by atoms with E-state index >= 15 is 0 Å². The van der Waals surface area contributed by atoms with Gasteiger partial charge in [-0.1, -0.05) is 36.4 Å². The lowest BCUT2D eigenvalue weighted by Gasteiger charge is -2.25. The lowest BCUT2D eigenvalue weighted by atomic mass is 10.1. The van der Waals surface area contributed by atoms with Crippen LogP contribution < -0.4 is 10.6 Å². The van der Waals surface area contributed by atoms with Crippen LogP contribution in [-0.2, 0) is 0 Å². The summed E-state index contributed by atoms with van der Waals surface area (Å²) in [4.78, 5) is 2.20. The first kappa shape index (κ1) is 17.4. The van der Waals surface area contributed by atoms with Crippen LogP contribution in [0, 0.1) is 13.8 Å². The van der Waals surface area contributed by atoms with Crippen molar-refractivity contribution >= 4 is 23.0 Å². The van der Waals surface area contributed by atoms with Crippen molar-refractivity contribution in [2.45, 2.75) is 19.9 Å². The molecule has 0 bridgehead atoms. The van der Waals surface area contributed by atoms with Gasteiger partial charge >= 0.3 is 0 Å². The molecule has 2 aromatic carbocycles. The van der Waals surface area contributed by atoms with Crippen LogP contribution in [0.5, 0.6) is 0 Å². The summed E-state index contributed by atoms with van der Waals surface area (Å²) in [6.45, 7) is 4.94. The second-order valence-electron chi connectivity index (χ2n) is 6.10. The van der Waals surface area contributed by atoms with Gasteiger partial charge in [-0.05, 0) is 69.0 Å². The Bertz CT molecular complexity index is 633. The summed E-state index contributed by atoms with van der Waals surface area (Å²) in [5, 5.41) is 7.25. The molecule has 2 rings (SSSR count). The van der Waals surface area contributed by atoms with E-state index in [-0.39, 0.29) is 6.04 Å². The molecule has 0 radical (unpaired) electrons. The average molecular weight is 327 g/mol. The fourth-order valence-corrected chi connectivity index (χ4v) is 2.89. The molecule has 3 nitrogen and oxygen atoms in total. The Kier molecular flexibility index (Phi) is 6.13. The van der Waals surface area contributed by atoms with Crippen LogP contribution in [0.3, 0.4) is 0 Å². The van der Waals surface area contributed by atoms with Gasteiger partial charge in [0.25, 0.3) is 0 Å². The van der Waals surface area contributed by atoms with E-state index in [9.17, 15) is 0 Å². The minimum atomic E-state index is 0.273. The van der Waals surface area contributed by atoms with Crippen LogP contribution >= 0.6 is 12.2 Å². The molecule has 0 amide bonds. The number of thiocarbonyl (C=S) groups is 1. The SMILES string of the molecule is Cc1cc(C)cc(NC(=S)NC[C@H](c2ccccc2)N(C)C)c1. The van der Waals surface area contributed by atoms with Crippen LogP contribution in [0.15, 0.2) is 48.5 Å². The largest absolute Gasteiger partial charge is 0.361 e. The van der Waals surface area contributed by atoms with E-state index in [0.717, 1.165) is 12.2 Å². The van der Waals surface area contributed by atoms with E-state index in [0.29, 0.717) is 5.11 Å². The van der Waals surface area contributed by atoms with Crippen molar-refractivity contribution < 1.29 is 0 Å². The van der Waals surface area contributed by atoms with Crippen LogP contribution in [0.1, 0.15) is 22.7 Å². The van der Waals surface area contributed by atoms with Gasteiger partial charge in [-0.3, -0.25) is 0 Å². The van der Waals surface area contributed by atoms with Crippen molar-refractivity contribution in [2.75, 3.05) is 26.0 Å². The highest BCUT2D eigenvalue weighted by Crippen LogP contribution is 2.17. The summed E-state index contributed by atoms with van der Waals surface area (Å²) >= 11 is 5.44. The summed E-state index contributed by atoms with van der Waals surface area (Å²) in [6, 6.07) is 17.1. The maximum Gasteiger partial charge on any atom is 0.170 e. The highest BCUT2D eigenvalue weighted by Gasteiger charge is 2.14. The number of likely N-dealkylation sites (N-methyl/N-ethyl adjacent to an activating group) is 1. The zero-order valence-corrected chi connectivity index (χ0v) is 15.1. The molecule has 2 N–H and O–H groups in total. The Morgan fingerprint density at radius 1 is 1.04 bits per heavy atom. The van der Waals surface area contributed by atoms with Crippen LogP contribution in [-0.4, -0.2) is 30.7 Å². The van der Waals surface area contributed by atoms with E-state index in [2.05, 4.69) is 85.9 Å². The lowest BCUT2D eigenvalue weighted by molar-refractivity contribution is 0.299. The predicted octanol–water partition coefficient (Wildman–Crippen LogP) is 3.89. The number of anilines is 1. The second-order valence-corrected chi connectivity index (χ2v) is 6.51. The Labute approximate surface area is 144 Å². The molecule has 4 heteroatoms. The molecule has 2 aromatic rings. The number of hydrogen-bond acceptors (Lipinski definition) is 2. The monoisotopic (exact) mass is 327 g/mol. The molecule has 0 aliphatic heterocycles. The van der Waals surface area contributed by atoms with Gasteiger partial charge in [0.2, 0.25) is 0 Å².